The number of unbranched alkanes of at least 4 members (excludes halogenated alkanes) is 2. The molecule has 0 aliphatic rings. The standard InChI is InChI=1S/C13H29N/c1-5-6-7-10-13(4)14-11-8-9-12(2)3/h12-14H,5-11H2,1-4H3. The summed E-state index contributed by atoms with van der Waals surface area (Å²) in [5.74, 6) is 0.854. The van der Waals surface area contributed by atoms with E-state index in [4.69, 9.17) is 0 Å². The van der Waals surface area contributed by atoms with Gasteiger partial charge in [-0.05, 0) is 38.6 Å². The van der Waals surface area contributed by atoms with Crippen molar-refractivity contribution in [2.75, 3.05) is 6.54 Å². The summed E-state index contributed by atoms with van der Waals surface area (Å²) in [7, 11) is 0. The highest BCUT2D eigenvalue weighted by Crippen LogP contribution is 2.04. The fraction of sp³-hybridized carbons (Fsp3) is 1.00. The zero-order valence-electron chi connectivity index (χ0n) is 10.6. The Morgan fingerprint density at radius 3 is 2.21 bits per heavy atom. The van der Waals surface area contributed by atoms with Gasteiger partial charge >= 0.3 is 0 Å². The highest BCUT2D eigenvalue weighted by molar-refractivity contribution is 4.60. The molecular formula is C13H29N. The van der Waals surface area contributed by atoms with Crippen LogP contribution in [0.3, 0.4) is 0 Å². The molecule has 0 aromatic rings. The van der Waals surface area contributed by atoms with Crippen molar-refractivity contribution in [3.8, 4) is 0 Å². The van der Waals surface area contributed by atoms with Crippen molar-refractivity contribution in [2.24, 2.45) is 5.92 Å². The van der Waals surface area contributed by atoms with E-state index >= 15 is 0 Å². The maximum Gasteiger partial charge on any atom is 0.00387 e. The van der Waals surface area contributed by atoms with Gasteiger partial charge in [0.1, 0.15) is 0 Å². The fourth-order valence-electron chi connectivity index (χ4n) is 1.66. The van der Waals surface area contributed by atoms with E-state index in [-0.39, 0.29) is 0 Å². The summed E-state index contributed by atoms with van der Waals surface area (Å²) in [6.07, 6.45) is 8.13. The molecule has 0 aliphatic carbocycles. The van der Waals surface area contributed by atoms with Crippen molar-refractivity contribution >= 4 is 0 Å². The van der Waals surface area contributed by atoms with Crippen LogP contribution in [0, 0.1) is 5.92 Å². The van der Waals surface area contributed by atoms with Gasteiger partial charge in [-0.1, -0.05) is 40.0 Å². The number of hydrogen-bond donors (Lipinski definition) is 1. The minimum Gasteiger partial charge on any atom is -0.314 e. The second-order valence-electron chi connectivity index (χ2n) is 4.89. The minimum atomic E-state index is 0.716. The monoisotopic (exact) mass is 199 g/mol. The van der Waals surface area contributed by atoms with Crippen LogP contribution in [0.1, 0.15) is 66.2 Å². The SMILES string of the molecule is CCCCCC(C)NCCCC(C)C. The lowest BCUT2D eigenvalue weighted by Gasteiger charge is -2.13. The molecule has 0 aliphatic heterocycles. The van der Waals surface area contributed by atoms with E-state index in [9.17, 15) is 0 Å². The fourth-order valence-corrected chi connectivity index (χ4v) is 1.66. The van der Waals surface area contributed by atoms with Crippen LogP contribution in [0.15, 0.2) is 0 Å². The van der Waals surface area contributed by atoms with E-state index in [0.717, 1.165) is 5.92 Å². The number of rotatable bonds is 9. The third kappa shape index (κ3) is 10.0. The quantitative estimate of drug-likeness (QED) is 0.554. The van der Waals surface area contributed by atoms with Crippen LogP contribution in [-0.2, 0) is 0 Å². The van der Waals surface area contributed by atoms with Gasteiger partial charge in [0.25, 0.3) is 0 Å². The van der Waals surface area contributed by atoms with Crippen LogP contribution in [0.5, 0.6) is 0 Å². The van der Waals surface area contributed by atoms with Crippen molar-refractivity contribution in [1.82, 2.24) is 5.32 Å². The molecule has 0 spiro atoms. The Morgan fingerprint density at radius 2 is 1.64 bits per heavy atom. The Bertz CT molecular complexity index is 110. The van der Waals surface area contributed by atoms with Gasteiger partial charge in [0.15, 0.2) is 0 Å². The lowest BCUT2D eigenvalue weighted by molar-refractivity contribution is 0.459. The molecule has 1 atom stereocenters. The summed E-state index contributed by atoms with van der Waals surface area (Å²) in [6.45, 7) is 10.4. The first kappa shape index (κ1) is 14.0. The number of hydrogen-bond acceptors (Lipinski definition) is 1. The molecule has 14 heavy (non-hydrogen) atoms. The second kappa shape index (κ2) is 9.51. The molecule has 0 amide bonds. The van der Waals surface area contributed by atoms with Crippen molar-refractivity contribution in [2.45, 2.75) is 72.3 Å². The molecule has 0 rings (SSSR count). The molecule has 0 aromatic heterocycles. The molecule has 0 fully saturated rings. The zero-order chi connectivity index (χ0) is 10.8. The summed E-state index contributed by atoms with van der Waals surface area (Å²) < 4.78 is 0. The Kier molecular flexibility index (Phi) is 9.49. The first-order chi connectivity index (χ1) is 6.66. The third-order valence-electron chi connectivity index (χ3n) is 2.69. The first-order valence-corrected chi connectivity index (χ1v) is 6.40. The summed E-state index contributed by atoms with van der Waals surface area (Å²) in [6, 6.07) is 0.716. The topological polar surface area (TPSA) is 12.0 Å². The summed E-state index contributed by atoms with van der Waals surface area (Å²) >= 11 is 0. The molecule has 1 heteroatoms. The Hall–Kier alpha value is -0.0400. The highest BCUT2D eigenvalue weighted by Gasteiger charge is 2.00. The van der Waals surface area contributed by atoms with Gasteiger partial charge in [0.05, 0.1) is 0 Å². The average molecular weight is 199 g/mol. The van der Waals surface area contributed by atoms with Crippen molar-refractivity contribution in [3.05, 3.63) is 0 Å². The predicted molar refractivity (Wildman–Crippen MR) is 65.7 cm³/mol. The van der Waals surface area contributed by atoms with Crippen LogP contribution < -0.4 is 5.32 Å². The average Bonchev–Trinajstić information content (AvgIpc) is 2.13. The lowest BCUT2D eigenvalue weighted by atomic mass is 10.1. The smallest absolute Gasteiger partial charge is 0.00387 e. The predicted octanol–water partition coefficient (Wildman–Crippen LogP) is 3.98. The molecule has 0 aromatic carbocycles. The highest BCUT2D eigenvalue weighted by atomic mass is 14.9. The largest absolute Gasteiger partial charge is 0.314 e. The molecule has 0 heterocycles. The van der Waals surface area contributed by atoms with Crippen LogP contribution in [0.25, 0.3) is 0 Å². The number of nitrogens with one attached hydrogen (secondary N) is 1. The van der Waals surface area contributed by atoms with Gasteiger partial charge in [0, 0.05) is 6.04 Å². The van der Waals surface area contributed by atoms with Gasteiger partial charge in [0.2, 0.25) is 0 Å². The minimum absolute atomic E-state index is 0.716. The van der Waals surface area contributed by atoms with Crippen molar-refractivity contribution in [1.29, 1.82) is 0 Å². The second-order valence-corrected chi connectivity index (χ2v) is 4.89. The molecular weight excluding hydrogens is 170 g/mol. The van der Waals surface area contributed by atoms with E-state index in [1.54, 1.807) is 0 Å². The molecule has 0 saturated heterocycles. The third-order valence-corrected chi connectivity index (χ3v) is 2.69. The van der Waals surface area contributed by atoms with Crippen LogP contribution in [0.4, 0.5) is 0 Å². The van der Waals surface area contributed by atoms with E-state index in [1.807, 2.05) is 0 Å². The normalized spacial score (nSPS) is 13.5. The lowest BCUT2D eigenvalue weighted by Crippen LogP contribution is -2.27. The van der Waals surface area contributed by atoms with Gasteiger partial charge in [-0.25, -0.2) is 0 Å². The zero-order valence-corrected chi connectivity index (χ0v) is 10.6. The molecule has 1 N–H and O–H groups in total. The first-order valence-electron chi connectivity index (χ1n) is 6.40. The molecule has 0 saturated carbocycles. The van der Waals surface area contributed by atoms with Crippen molar-refractivity contribution in [3.63, 3.8) is 0 Å². The Morgan fingerprint density at radius 1 is 0.929 bits per heavy atom. The van der Waals surface area contributed by atoms with Crippen LogP contribution >= 0.6 is 0 Å². The summed E-state index contributed by atoms with van der Waals surface area (Å²) in [4.78, 5) is 0. The van der Waals surface area contributed by atoms with Gasteiger partial charge in [-0.3, -0.25) is 0 Å². The van der Waals surface area contributed by atoms with Crippen LogP contribution in [-0.4, -0.2) is 12.6 Å². The molecule has 86 valence electrons. The molecule has 1 unspecified atom stereocenters. The maximum atomic E-state index is 3.60. The van der Waals surface area contributed by atoms with Gasteiger partial charge < -0.3 is 5.32 Å². The van der Waals surface area contributed by atoms with E-state index in [2.05, 4.69) is 33.0 Å². The molecule has 0 radical (unpaired) electrons. The Labute approximate surface area is 90.7 Å². The van der Waals surface area contributed by atoms with Crippen LogP contribution in [0.2, 0.25) is 0 Å². The maximum absolute atomic E-state index is 3.60. The molecule has 1 nitrogen and oxygen atoms in total. The van der Waals surface area contributed by atoms with E-state index in [0.29, 0.717) is 6.04 Å². The summed E-state index contributed by atoms with van der Waals surface area (Å²) in [5.41, 5.74) is 0. The van der Waals surface area contributed by atoms with E-state index < -0.39 is 0 Å². The van der Waals surface area contributed by atoms with Gasteiger partial charge in [-0.15, -0.1) is 0 Å². The Balaban J connectivity index is 3.14. The van der Waals surface area contributed by atoms with Crippen molar-refractivity contribution < 1.29 is 0 Å². The molecule has 0 bridgehead atoms. The van der Waals surface area contributed by atoms with E-state index in [1.165, 1.54) is 45.1 Å². The summed E-state index contributed by atoms with van der Waals surface area (Å²) in [5, 5.41) is 3.60. The van der Waals surface area contributed by atoms with Gasteiger partial charge in [-0.2, -0.15) is 0 Å².